The maximum absolute atomic E-state index is 13.6. The largest absolute Gasteiger partial charge is 0.325 e. The van der Waals surface area contributed by atoms with E-state index in [0.29, 0.717) is 11.3 Å². The lowest BCUT2D eigenvalue weighted by Crippen LogP contribution is -2.21. The number of benzene rings is 2. The summed E-state index contributed by atoms with van der Waals surface area (Å²) in [6.07, 6.45) is 1.68. The minimum absolute atomic E-state index is 0.0914. The molecule has 0 heterocycles. The van der Waals surface area contributed by atoms with Gasteiger partial charge in [-0.3, -0.25) is 4.79 Å². The van der Waals surface area contributed by atoms with Gasteiger partial charge < -0.3 is 5.32 Å². The molecular formula is C18H20FNO. The van der Waals surface area contributed by atoms with Crippen molar-refractivity contribution < 1.29 is 9.18 Å². The number of hydrogen-bond donors (Lipinski definition) is 1. The topological polar surface area (TPSA) is 29.1 Å². The molecule has 0 aromatic heterocycles. The lowest BCUT2D eigenvalue weighted by atomic mass is 9.93. The van der Waals surface area contributed by atoms with E-state index in [-0.39, 0.29) is 17.6 Å². The molecule has 2 aromatic rings. The summed E-state index contributed by atoms with van der Waals surface area (Å²) in [6, 6.07) is 14.5. The quantitative estimate of drug-likeness (QED) is 0.850. The van der Waals surface area contributed by atoms with Crippen LogP contribution in [0.1, 0.15) is 36.8 Å². The van der Waals surface area contributed by atoms with Crippen LogP contribution in [0.5, 0.6) is 0 Å². The number of aryl methyl sites for hydroxylation is 1. The molecule has 0 aliphatic carbocycles. The lowest BCUT2D eigenvalue weighted by Gasteiger charge is -2.16. The predicted octanol–water partition coefficient (Wildman–Crippen LogP) is 4.66. The van der Waals surface area contributed by atoms with Gasteiger partial charge in [-0.05, 0) is 36.6 Å². The van der Waals surface area contributed by atoms with E-state index in [9.17, 15) is 9.18 Å². The van der Waals surface area contributed by atoms with Gasteiger partial charge in [0, 0.05) is 5.69 Å². The van der Waals surface area contributed by atoms with Gasteiger partial charge in [-0.2, -0.15) is 0 Å². The lowest BCUT2D eigenvalue weighted by molar-refractivity contribution is -0.117. The highest BCUT2D eigenvalue weighted by Gasteiger charge is 2.19. The Balaban J connectivity index is 2.17. The van der Waals surface area contributed by atoms with Crippen LogP contribution in [0.3, 0.4) is 0 Å². The number of nitrogens with one attached hydrogen (secondary N) is 1. The summed E-state index contributed by atoms with van der Waals surface area (Å²) in [5.41, 5.74) is 2.06. The summed E-state index contributed by atoms with van der Waals surface area (Å²) < 4.78 is 13.6. The first-order chi connectivity index (χ1) is 10.1. The summed E-state index contributed by atoms with van der Waals surface area (Å²) in [5, 5.41) is 2.81. The van der Waals surface area contributed by atoms with Crippen LogP contribution in [-0.2, 0) is 4.79 Å². The second-order valence-corrected chi connectivity index (χ2v) is 5.21. The van der Waals surface area contributed by atoms with Crippen LogP contribution < -0.4 is 5.32 Å². The number of halogens is 1. The van der Waals surface area contributed by atoms with E-state index in [4.69, 9.17) is 0 Å². The van der Waals surface area contributed by atoms with Crippen molar-refractivity contribution in [3.63, 3.8) is 0 Å². The van der Waals surface area contributed by atoms with Crippen LogP contribution in [0.15, 0.2) is 48.5 Å². The summed E-state index contributed by atoms with van der Waals surface area (Å²) >= 11 is 0. The summed E-state index contributed by atoms with van der Waals surface area (Å²) in [6.45, 7) is 3.75. The molecule has 1 amide bonds. The monoisotopic (exact) mass is 285 g/mol. The molecule has 0 aliphatic heterocycles. The fraction of sp³-hybridized carbons (Fsp3) is 0.278. The molecule has 1 N–H and O–H groups in total. The van der Waals surface area contributed by atoms with E-state index < -0.39 is 0 Å². The standard InChI is InChI=1S/C18H20FNO/c1-3-7-16(14-8-5-4-6-9-14)18(21)20-15-11-10-13(2)17(19)12-15/h4-6,8-12,16H,3,7H2,1-2H3,(H,20,21)/t16-/m0/s1. The van der Waals surface area contributed by atoms with Gasteiger partial charge >= 0.3 is 0 Å². The highest BCUT2D eigenvalue weighted by atomic mass is 19.1. The van der Waals surface area contributed by atoms with E-state index >= 15 is 0 Å². The average molecular weight is 285 g/mol. The molecule has 110 valence electrons. The van der Waals surface area contributed by atoms with Crippen molar-refractivity contribution in [2.75, 3.05) is 5.32 Å². The number of amides is 1. The Morgan fingerprint density at radius 1 is 1.19 bits per heavy atom. The molecule has 0 bridgehead atoms. The van der Waals surface area contributed by atoms with Gasteiger partial charge in [-0.1, -0.05) is 49.7 Å². The second-order valence-electron chi connectivity index (χ2n) is 5.21. The van der Waals surface area contributed by atoms with Crippen molar-refractivity contribution in [1.29, 1.82) is 0 Å². The molecule has 0 aliphatic rings. The van der Waals surface area contributed by atoms with Crippen LogP contribution >= 0.6 is 0 Å². The first-order valence-electron chi connectivity index (χ1n) is 7.23. The number of hydrogen-bond acceptors (Lipinski definition) is 1. The predicted molar refractivity (Wildman–Crippen MR) is 83.9 cm³/mol. The molecule has 0 spiro atoms. The van der Waals surface area contributed by atoms with Crippen LogP contribution in [0.4, 0.5) is 10.1 Å². The van der Waals surface area contributed by atoms with Crippen LogP contribution in [0.25, 0.3) is 0 Å². The van der Waals surface area contributed by atoms with E-state index in [2.05, 4.69) is 12.2 Å². The summed E-state index contributed by atoms with van der Waals surface area (Å²) in [4.78, 5) is 12.5. The Kier molecular flexibility index (Phi) is 5.09. The first kappa shape index (κ1) is 15.2. The molecule has 0 fully saturated rings. The Bertz CT molecular complexity index is 610. The van der Waals surface area contributed by atoms with E-state index in [1.165, 1.54) is 6.07 Å². The molecule has 0 saturated heterocycles. The van der Waals surface area contributed by atoms with Gasteiger partial charge in [-0.25, -0.2) is 4.39 Å². The summed E-state index contributed by atoms with van der Waals surface area (Å²) in [5.74, 6) is -0.605. The average Bonchev–Trinajstić information content (AvgIpc) is 2.49. The van der Waals surface area contributed by atoms with Crippen molar-refractivity contribution in [1.82, 2.24) is 0 Å². The third kappa shape index (κ3) is 3.91. The van der Waals surface area contributed by atoms with Gasteiger partial charge in [0.1, 0.15) is 5.82 Å². The molecule has 2 rings (SSSR count). The number of anilines is 1. The first-order valence-corrected chi connectivity index (χ1v) is 7.23. The fourth-order valence-corrected chi connectivity index (χ4v) is 2.32. The molecule has 0 saturated carbocycles. The van der Waals surface area contributed by atoms with Crippen molar-refractivity contribution >= 4 is 11.6 Å². The minimum Gasteiger partial charge on any atom is -0.325 e. The van der Waals surface area contributed by atoms with Crippen LogP contribution in [-0.4, -0.2) is 5.91 Å². The molecule has 2 aromatic carbocycles. The maximum atomic E-state index is 13.6. The second kappa shape index (κ2) is 7.02. The molecule has 2 nitrogen and oxygen atoms in total. The van der Waals surface area contributed by atoms with Crippen molar-refractivity contribution in [2.24, 2.45) is 0 Å². The molecular weight excluding hydrogens is 265 g/mol. The normalized spacial score (nSPS) is 12.0. The minimum atomic E-state index is -0.306. The zero-order valence-electron chi connectivity index (χ0n) is 12.4. The van der Waals surface area contributed by atoms with Crippen LogP contribution in [0.2, 0.25) is 0 Å². The highest BCUT2D eigenvalue weighted by molar-refractivity contribution is 5.95. The maximum Gasteiger partial charge on any atom is 0.231 e. The zero-order valence-corrected chi connectivity index (χ0v) is 12.4. The number of carbonyl (C=O) groups excluding carboxylic acids is 1. The molecule has 1 atom stereocenters. The van der Waals surface area contributed by atoms with E-state index in [1.54, 1.807) is 19.1 Å². The third-order valence-electron chi connectivity index (χ3n) is 3.54. The zero-order chi connectivity index (χ0) is 15.2. The summed E-state index contributed by atoms with van der Waals surface area (Å²) in [7, 11) is 0. The van der Waals surface area contributed by atoms with Gasteiger partial charge in [-0.15, -0.1) is 0 Å². The van der Waals surface area contributed by atoms with Crippen molar-refractivity contribution in [2.45, 2.75) is 32.6 Å². The van der Waals surface area contributed by atoms with Crippen molar-refractivity contribution in [3.8, 4) is 0 Å². The smallest absolute Gasteiger partial charge is 0.231 e. The van der Waals surface area contributed by atoms with E-state index in [1.807, 2.05) is 30.3 Å². The van der Waals surface area contributed by atoms with Gasteiger partial charge in [0.2, 0.25) is 5.91 Å². The number of carbonyl (C=O) groups is 1. The van der Waals surface area contributed by atoms with Gasteiger partial charge in [0.15, 0.2) is 0 Å². The van der Waals surface area contributed by atoms with Gasteiger partial charge in [0.25, 0.3) is 0 Å². The molecule has 3 heteroatoms. The highest BCUT2D eigenvalue weighted by Crippen LogP contribution is 2.23. The Morgan fingerprint density at radius 2 is 1.90 bits per heavy atom. The molecule has 0 radical (unpaired) electrons. The third-order valence-corrected chi connectivity index (χ3v) is 3.54. The SMILES string of the molecule is CCC[C@H](C(=O)Nc1ccc(C)c(F)c1)c1ccccc1. The molecule has 21 heavy (non-hydrogen) atoms. The Morgan fingerprint density at radius 3 is 2.52 bits per heavy atom. The number of rotatable bonds is 5. The van der Waals surface area contributed by atoms with Crippen LogP contribution in [0, 0.1) is 12.7 Å². The van der Waals surface area contributed by atoms with Gasteiger partial charge in [0.05, 0.1) is 5.92 Å². The Labute approximate surface area is 125 Å². The van der Waals surface area contributed by atoms with E-state index in [0.717, 1.165) is 18.4 Å². The fourth-order valence-electron chi connectivity index (χ4n) is 2.32. The van der Waals surface area contributed by atoms with Crippen molar-refractivity contribution in [3.05, 3.63) is 65.5 Å². The molecule has 0 unspecified atom stereocenters. The Hall–Kier alpha value is -2.16.